The van der Waals surface area contributed by atoms with Gasteiger partial charge < -0.3 is 5.32 Å². The molecule has 3 unspecified atom stereocenters. The monoisotopic (exact) mass is 314 g/mol. The van der Waals surface area contributed by atoms with Crippen molar-refractivity contribution in [3.05, 3.63) is 35.9 Å². The molecule has 3 atom stereocenters. The van der Waals surface area contributed by atoms with E-state index in [1.54, 1.807) is 0 Å². The molecule has 0 radical (unpaired) electrons. The van der Waals surface area contributed by atoms with E-state index in [9.17, 15) is 4.79 Å². The fraction of sp³-hybridized carbons (Fsp3) is 0.611. The van der Waals surface area contributed by atoms with Gasteiger partial charge in [0.25, 0.3) is 0 Å². The zero-order chi connectivity index (χ0) is 15.6. The number of nitrogens with one attached hydrogen (secondary N) is 2. The topological polar surface area (TPSA) is 47.6 Å². The smallest absolute Gasteiger partial charge is 0.226 e. The highest BCUT2D eigenvalue weighted by Gasteiger charge is 2.41. The predicted octanol–water partition coefficient (Wildman–Crippen LogP) is 0.976. The van der Waals surface area contributed by atoms with Crippen LogP contribution in [0.4, 0.5) is 0 Å². The molecule has 3 aliphatic rings. The van der Waals surface area contributed by atoms with Gasteiger partial charge in [0.05, 0.1) is 5.92 Å². The molecule has 2 heterocycles. The quantitative estimate of drug-likeness (QED) is 0.873. The third-order valence-corrected chi connectivity index (χ3v) is 5.52. The molecule has 2 N–H and O–H groups in total. The summed E-state index contributed by atoms with van der Waals surface area (Å²) in [7, 11) is 0. The number of hydrogen-bond donors (Lipinski definition) is 2. The van der Waals surface area contributed by atoms with Crippen molar-refractivity contribution in [1.29, 1.82) is 0 Å². The largest absolute Gasteiger partial charge is 0.328 e. The van der Waals surface area contributed by atoms with Crippen molar-refractivity contribution in [3.63, 3.8) is 0 Å². The lowest BCUT2D eigenvalue weighted by atomic mass is 10.0. The van der Waals surface area contributed by atoms with Gasteiger partial charge in [-0.25, -0.2) is 0 Å². The maximum atomic E-state index is 12.2. The molecule has 124 valence electrons. The summed E-state index contributed by atoms with van der Waals surface area (Å²) in [4.78, 5) is 17.1. The van der Waals surface area contributed by atoms with E-state index in [0.717, 1.165) is 45.6 Å². The Balaban J connectivity index is 1.30. The van der Waals surface area contributed by atoms with Gasteiger partial charge in [0, 0.05) is 38.8 Å². The van der Waals surface area contributed by atoms with Gasteiger partial charge in [-0.3, -0.25) is 19.9 Å². The van der Waals surface area contributed by atoms with Crippen LogP contribution in [0.5, 0.6) is 0 Å². The van der Waals surface area contributed by atoms with E-state index in [2.05, 4.69) is 50.8 Å². The normalized spacial score (nSPS) is 32.5. The maximum Gasteiger partial charge on any atom is 0.226 e. The summed E-state index contributed by atoms with van der Waals surface area (Å²) < 4.78 is 0. The molecule has 5 heteroatoms. The van der Waals surface area contributed by atoms with Crippen molar-refractivity contribution in [1.82, 2.24) is 20.4 Å². The summed E-state index contributed by atoms with van der Waals surface area (Å²) >= 11 is 0. The SMILES string of the molecule is O=C1NC(N2CCN(Cc3ccccc3)CC2)NC2CCCC12. The van der Waals surface area contributed by atoms with Crippen molar-refractivity contribution >= 4 is 5.91 Å². The Morgan fingerprint density at radius 1 is 1.04 bits per heavy atom. The first-order valence-electron chi connectivity index (χ1n) is 8.86. The molecule has 1 aromatic rings. The summed E-state index contributed by atoms with van der Waals surface area (Å²) in [5, 5.41) is 6.83. The van der Waals surface area contributed by atoms with Gasteiger partial charge in [0.15, 0.2) is 0 Å². The second-order valence-electron chi connectivity index (χ2n) is 7.02. The molecule has 2 saturated heterocycles. The number of fused-ring (bicyclic) bond motifs is 1. The van der Waals surface area contributed by atoms with E-state index >= 15 is 0 Å². The van der Waals surface area contributed by atoms with Crippen LogP contribution in [0.2, 0.25) is 0 Å². The highest BCUT2D eigenvalue weighted by atomic mass is 16.2. The van der Waals surface area contributed by atoms with Crippen LogP contribution in [0, 0.1) is 5.92 Å². The minimum Gasteiger partial charge on any atom is -0.328 e. The summed E-state index contributed by atoms with van der Waals surface area (Å²) in [5.74, 6) is 0.452. The lowest BCUT2D eigenvalue weighted by Gasteiger charge is -2.43. The van der Waals surface area contributed by atoms with Crippen LogP contribution < -0.4 is 10.6 Å². The molecule has 1 saturated carbocycles. The van der Waals surface area contributed by atoms with E-state index in [0.29, 0.717) is 6.04 Å². The highest BCUT2D eigenvalue weighted by Crippen LogP contribution is 2.28. The Morgan fingerprint density at radius 2 is 1.83 bits per heavy atom. The molecule has 0 bridgehead atoms. The Bertz CT molecular complexity index is 541. The second kappa shape index (κ2) is 6.59. The average Bonchev–Trinajstić information content (AvgIpc) is 3.06. The van der Waals surface area contributed by atoms with E-state index in [-0.39, 0.29) is 18.1 Å². The minimum atomic E-state index is 0.0284. The van der Waals surface area contributed by atoms with E-state index in [1.165, 1.54) is 12.0 Å². The summed E-state index contributed by atoms with van der Waals surface area (Å²) in [6.07, 6.45) is 3.39. The van der Waals surface area contributed by atoms with Crippen molar-refractivity contribution in [2.24, 2.45) is 5.92 Å². The number of benzene rings is 1. The Kier molecular flexibility index (Phi) is 4.33. The van der Waals surface area contributed by atoms with E-state index < -0.39 is 0 Å². The van der Waals surface area contributed by atoms with Gasteiger partial charge in [-0.2, -0.15) is 0 Å². The van der Waals surface area contributed by atoms with Crippen LogP contribution in [0.1, 0.15) is 24.8 Å². The number of nitrogens with zero attached hydrogens (tertiary/aromatic N) is 2. The lowest BCUT2D eigenvalue weighted by molar-refractivity contribution is -0.132. The van der Waals surface area contributed by atoms with Gasteiger partial charge in [0.1, 0.15) is 6.29 Å². The van der Waals surface area contributed by atoms with Crippen LogP contribution in [-0.2, 0) is 11.3 Å². The first-order chi connectivity index (χ1) is 11.3. The molecule has 5 nitrogen and oxygen atoms in total. The summed E-state index contributed by atoms with van der Waals surface area (Å²) in [6, 6.07) is 11.0. The summed E-state index contributed by atoms with van der Waals surface area (Å²) in [5.41, 5.74) is 1.37. The van der Waals surface area contributed by atoms with Crippen LogP contribution >= 0.6 is 0 Å². The molecule has 0 spiro atoms. The zero-order valence-electron chi connectivity index (χ0n) is 13.6. The molecule has 2 aliphatic heterocycles. The minimum absolute atomic E-state index is 0.0284. The number of piperazine rings is 1. The number of carbonyl (C=O) groups excluding carboxylic acids is 1. The standard InChI is InChI=1S/C18H26N4O/c23-17-15-7-4-8-16(15)19-18(20-17)22-11-9-21(10-12-22)13-14-5-2-1-3-6-14/h1-3,5-6,15-16,18-19H,4,7-13H2,(H,20,23). The van der Waals surface area contributed by atoms with E-state index in [1.807, 2.05) is 0 Å². The molecular formula is C18H26N4O. The molecular weight excluding hydrogens is 288 g/mol. The lowest BCUT2D eigenvalue weighted by Crippen LogP contribution is -2.68. The molecule has 4 rings (SSSR count). The van der Waals surface area contributed by atoms with Gasteiger partial charge >= 0.3 is 0 Å². The van der Waals surface area contributed by atoms with Crippen LogP contribution in [-0.4, -0.2) is 54.2 Å². The number of carbonyl (C=O) groups is 1. The highest BCUT2D eigenvalue weighted by molar-refractivity contribution is 5.80. The predicted molar refractivity (Wildman–Crippen MR) is 89.5 cm³/mol. The van der Waals surface area contributed by atoms with Gasteiger partial charge in [-0.15, -0.1) is 0 Å². The Morgan fingerprint density at radius 3 is 2.61 bits per heavy atom. The van der Waals surface area contributed by atoms with Crippen molar-refractivity contribution in [2.45, 2.75) is 38.1 Å². The molecule has 0 aromatic heterocycles. The first kappa shape index (κ1) is 15.1. The van der Waals surface area contributed by atoms with Gasteiger partial charge in [-0.1, -0.05) is 36.8 Å². The molecule has 1 aliphatic carbocycles. The molecule has 1 amide bonds. The van der Waals surface area contributed by atoms with Gasteiger partial charge in [0.2, 0.25) is 5.91 Å². The average molecular weight is 314 g/mol. The summed E-state index contributed by atoms with van der Waals surface area (Å²) in [6.45, 7) is 5.13. The Hall–Kier alpha value is -1.43. The Labute approximate surface area is 138 Å². The third-order valence-electron chi connectivity index (χ3n) is 5.52. The molecule has 1 aromatic carbocycles. The van der Waals surface area contributed by atoms with Crippen LogP contribution in [0.3, 0.4) is 0 Å². The number of hydrogen-bond acceptors (Lipinski definition) is 4. The van der Waals surface area contributed by atoms with Crippen LogP contribution in [0.15, 0.2) is 30.3 Å². The maximum absolute atomic E-state index is 12.2. The molecule has 23 heavy (non-hydrogen) atoms. The fourth-order valence-corrected chi connectivity index (χ4v) is 4.18. The second-order valence-corrected chi connectivity index (χ2v) is 7.02. The number of rotatable bonds is 3. The van der Waals surface area contributed by atoms with Crippen molar-refractivity contribution < 1.29 is 4.79 Å². The first-order valence-corrected chi connectivity index (χ1v) is 8.86. The number of amides is 1. The third kappa shape index (κ3) is 3.27. The van der Waals surface area contributed by atoms with Crippen LogP contribution in [0.25, 0.3) is 0 Å². The zero-order valence-corrected chi connectivity index (χ0v) is 13.6. The van der Waals surface area contributed by atoms with E-state index in [4.69, 9.17) is 0 Å². The van der Waals surface area contributed by atoms with Crippen molar-refractivity contribution in [2.75, 3.05) is 26.2 Å². The molecule has 3 fully saturated rings. The van der Waals surface area contributed by atoms with Crippen molar-refractivity contribution in [3.8, 4) is 0 Å². The van der Waals surface area contributed by atoms with Gasteiger partial charge in [-0.05, 0) is 18.4 Å². The fourth-order valence-electron chi connectivity index (χ4n) is 4.18.